The van der Waals surface area contributed by atoms with Crippen LogP contribution in [0.25, 0.3) is 0 Å². The normalized spacial score (nSPS) is 21.5. The van der Waals surface area contributed by atoms with Gasteiger partial charge in [0.1, 0.15) is 5.75 Å². The van der Waals surface area contributed by atoms with Crippen LogP contribution in [0.2, 0.25) is 0 Å². The smallest absolute Gasteiger partial charge is 0.224 e. The molecule has 0 bridgehead atoms. The summed E-state index contributed by atoms with van der Waals surface area (Å²) in [6, 6.07) is 7.97. The Bertz CT molecular complexity index is 474. The topological polar surface area (TPSA) is 64.3 Å². The molecule has 0 spiro atoms. The van der Waals surface area contributed by atoms with Crippen molar-refractivity contribution >= 4 is 5.91 Å². The van der Waals surface area contributed by atoms with Crippen molar-refractivity contribution in [1.29, 1.82) is 0 Å². The Kier molecular flexibility index (Phi) is 5.62. The number of benzene rings is 1. The highest BCUT2D eigenvalue weighted by Gasteiger charge is 2.27. The Hall–Kier alpha value is -1.55. The first-order chi connectivity index (χ1) is 10.1. The molecule has 0 aliphatic heterocycles. The lowest BCUT2D eigenvalue weighted by Crippen LogP contribution is -2.40. The summed E-state index contributed by atoms with van der Waals surface area (Å²) in [5.41, 5.74) is 6.70. The molecule has 1 fully saturated rings. The first-order valence-electron chi connectivity index (χ1n) is 7.84. The maximum atomic E-state index is 12.3. The number of rotatable bonds is 6. The van der Waals surface area contributed by atoms with Gasteiger partial charge in [-0.1, -0.05) is 24.6 Å². The molecule has 1 aliphatic carbocycles. The lowest BCUT2D eigenvalue weighted by atomic mass is 10.0. The molecule has 0 aromatic heterocycles. The third kappa shape index (κ3) is 4.46. The maximum Gasteiger partial charge on any atom is 0.224 e. The molecule has 1 saturated carbocycles. The number of ether oxygens (including phenoxy) is 1. The van der Waals surface area contributed by atoms with Crippen molar-refractivity contribution < 1.29 is 9.53 Å². The Labute approximate surface area is 127 Å². The van der Waals surface area contributed by atoms with Crippen LogP contribution in [0.5, 0.6) is 5.75 Å². The zero-order valence-electron chi connectivity index (χ0n) is 13.0. The van der Waals surface area contributed by atoms with Gasteiger partial charge in [0, 0.05) is 11.6 Å². The van der Waals surface area contributed by atoms with E-state index in [9.17, 15) is 4.79 Å². The van der Waals surface area contributed by atoms with Crippen molar-refractivity contribution in [3.63, 3.8) is 0 Å². The lowest BCUT2D eigenvalue weighted by Gasteiger charge is -2.20. The van der Waals surface area contributed by atoms with E-state index in [2.05, 4.69) is 5.32 Å². The van der Waals surface area contributed by atoms with Crippen LogP contribution < -0.4 is 15.8 Å². The molecule has 2 atom stereocenters. The van der Waals surface area contributed by atoms with E-state index in [1.165, 1.54) is 0 Å². The molecule has 1 amide bonds. The molecule has 21 heavy (non-hydrogen) atoms. The summed E-state index contributed by atoms with van der Waals surface area (Å²) in [6.07, 6.45) is 3.77. The van der Waals surface area contributed by atoms with Crippen LogP contribution in [-0.4, -0.2) is 24.6 Å². The number of hydrogen-bond donors (Lipinski definition) is 2. The first-order valence-corrected chi connectivity index (χ1v) is 7.84. The van der Waals surface area contributed by atoms with Gasteiger partial charge in [-0.15, -0.1) is 0 Å². The van der Waals surface area contributed by atoms with Crippen LogP contribution in [0.3, 0.4) is 0 Å². The fourth-order valence-electron chi connectivity index (χ4n) is 2.96. The van der Waals surface area contributed by atoms with Gasteiger partial charge >= 0.3 is 0 Å². The fraction of sp³-hybridized carbons (Fsp3) is 0.588. The van der Waals surface area contributed by atoms with Crippen molar-refractivity contribution in [2.75, 3.05) is 6.54 Å². The first kappa shape index (κ1) is 15.8. The standard InChI is InChI=1S/C17H26N2O2/c1-12(2)21-16-9-4-3-6-13(16)10-17(20)19-15-8-5-7-14(15)11-18/h3-4,6,9,12,14-15H,5,7-8,10-11,18H2,1-2H3,(H,19,20). The van der Waals surface area contributed by atoms with E-state index in [4.69, 9.17) is 10.5 Å². The van der Waals surface area contributed by atoms with E-state index in [1.54, 1.807) is 0 Å². The van der Waals surface area contributed by atoms with Gasteiger partial charge in [-0.05, 0) is 45.2 Å². The number of carbonyl (C=O) groups is 1. The molecule has 1 aliphatic rings. The Morgan fingerprint density at radius 2 is 2.14 bits per heavy atom. The van der Waals surface area contributed by atoms with Crippen LogP contribution in [0.15, 0.2) is 24.3 Å². The predicted octanol–water partition coefficient (Wildman–Crippen LogP) is 2.26. The van der Waals surface area contributed by atoms with E-state index >= 15 is 0 Å². The highest BCUT2D eigenvalue weighted by Crippen LogP contribution is 2.25. The summed E-state index contributed by atoms with van der Waals surface area (Å²) in [6.45, 7) is 4.63. The van der Waals surface area contributed by atoms with Crippen LogP contribution >= 0.6 is 0 Å². The number of carbonyl (C=O) groups excluding carboxylic acids is 1. The molecule has 4 nitrogen and oxygen atoms in total. The molecule has 116 valence electrons. The molecule has 0 radical (unpaired) electrons. The second-order valence-corrected chi connectivity index (χ2v) is 6.05. The van der Waals surface area contributed by atoms with Crippen molar-refractivity contribution in [3.8, 4) is 5.75 Å². The SMILES string of the molecule is CC(C)Oc1ccccc1CC(=O)NC1CCCC1CN. The number of amides is 1. The third-order valence-corrected chi connectivity index (χ3v) is 3.99. The average Bonchev–Trinajstić information content (AvgIpc) is 2.87. The van der Waals surface area contributed by atoms with Crippen LogP contribution in [0.4, 0.5) is 0 Å². The second-order valence-electron chi connectivity index (χ2n) is 6.05. The molecule has 3 N–H and O–H groups in total. The molecular formula is C17H26N2O2. The summed E-state index contributed by atoms with van der Waals surface area (Å²) in [4.78, 5) is 12.3. The Morgan fingerprint density at radius 1 is 1.38 bits per heavy atom. The minimum Gasteiger partial charge on any atom is -0.491 e. The zero-order chi connectivity index (χ0) is 15.2. The zero-order valence-corrected chi connectivity index (χ0v) is 13.0. The van der Waals surface area contributed by atoms with E-state index in [0.717, 1.165) is 30.6 Å². The van der Waals surface area contributed by atoms with Gasteiger partial charge in [-0.25, -0.2) is 0 Å². The van der Waals surface area contributed by atoms with E-state index in [1.807, 2.05) is 38.1 Å². The van der Waals surface area contributed by atoms with Crippen LogP contribution in [0, 0.1) is 5.92 Å². The average molecular weight is 290 g/mol. The molecule has 4 heteroatoms. The van der Waals surface area contributed by atoms with Crippen molar-refractivity contribution in [3.05, 3.63) is 29.8 Å². The third-order valence-electron chi connectivity index (χ3n) is 3.99. The summed E-state index contributed by atoms with van der Waals surface area (Å²) < 4.78 is 5.76. The van der Waals surface area contributed by atoms with Gasteiger partial charge in [0.2, 0.25) is 5.91 Å². The molecular weight excluding hydrogens is 264 g/mol. The van der Waals surface area contributed by atoms with Gasteiger partial charge in [-0.3, -0.25) is 4.79 Å². The summed E-state index contributed by atoms with van der Waals surface area (Å²) in [7, 11) is 0. The number of nitrogens with one attached hydrogen (secondary N) is 1. The monoisotopic (exact) mass is 290 g/mol. The Balaban J connectivity index is 1.96. The number of nitrogens with two attached hydrogens (primary N) is 1. The predicted molar refractivity (Wildman–Crippen MR) is 84.2 cm³/mol. The van der Waals surface area contributed by atoms with Gasteiger partial charge in [0.05, 0.1) is 12.5 Å². The quantitative estimate of drug-likeness (QED) is 0.844. The van der Waals surface area contributed by atoms with E-state index in [0.29, 0.717) is 18.9 Å². The number of hydrogen-bond acceptors (Lipinski definition) is 3. The van der Waals surface area contributed by atoms with E-state index in [-0.39, 0.29) is 18.1 Å². The molecule has 0 saturated heterocycles. The molecule has 0 heterocycles. The van der Waals surface area contributed by atoms with Crippen molar-refractivity contribution in [1.82, 2.24) is 5.32 Å². The van der Waals surface area contributed by atoms with E-state index < -0.39 is 0 Å². The van der Waals surface area contributed by atoms with Gasteiger partial charge < -0.3 is 15.8 Å². The van der Waals surface area contributed by atoms with Crippen molar-refractivity contribution in [2.24, 2.45) is 11.7 Å². The summed E-state index contributed by atoms with van der Waals surface area (Å²) in [5.74, 6) is 1.28. The second kappa shape index (κ2) is 7.46. The summed E-state index contributed by atoms with van der Waals surface area (Å²) >= 11 is 0. The van der Waals surface area contributed by atoms with Crippen molar-refractivity contribution in [2.45, 2.75) is 51.7 Å². The van der Waals surface area contributed by atoms with Crippen LogP contribution in [-0.2, 0) is 11.2 Å². The van der Waals surface area contributed by atoms with Gasteiger partial charge in [0.15, 0.2) is 0 Å². The highest BCUT2D eigenvalue weighted by molar-refractivity contribution is 5.79. The van der Waals surface area contributed by atoms with Gasteiger partial charge in [0.25, 0.3) is 0 Å². The van der Waals surface area contributed by atoms with Gasteiger partial charge in [-0.2, -0.15) is 0 Å². The number of para-hydroxylation sites is 1. The molecule has 2 rings (SSSR count). The minimum absolute atomic E-state index is 0.0557. The highest BCUT2D eigenvalue weighted by atomic mass is 16.5. The summed E-state index contributed by atoms with van der Waals surface area (Å²) in [5, 5.41) is 3.13. The largest absolute Gasteiger partial charge is 0.491 e. The maximum absolute atomic E-state index is 12.3. The molecule has 2 unspecified atom stereocenters. The lowest BCUT2D eigenvalue weighted by molar-refractivity contribution is -0.121. The minimum atomic E-state index is 0.0557. The Morgan fingerprint density at radius 3 is 2.86 bits per heavy atom. The molecule has 1 aromatic carbocycles. The van der Waals surface area contributed by atoms with Crippen LogP contribution in [0.1, 0.15) is 38.7 Å². The fourth-order valence-corrected chi connectivity index (χ4v) is 2.96. The molecule has 1 aromatic rings.